The van der Waals surface area contributed by atoms with E-state index in [4.69, 9.17) is 35.4 Å². The monoisotopic (exact) mass is 357 g/mol. The zero-order valence-electron chi connectivity index (χ0n) is 12.1. The van der Waals surface area contributed by atoms with E-state index >= 15 is 0 Å². The van der Waals surface area contributed by atoms with Crippen molar-refractivity contribution in [2.75, 3.05) is 0 Å². The van der Waals surface area contributed by atoms with Gasteiger partial charge in [0.05, 0.1) is 16.6 Å². The second-order valence-electron chi connectivity index (χ2n) is 5.94. The van der Waals surface area contributed by atoms with Gasteiger partial charge in [0.25, 0.3) is 0 Å². The van der Waals surface area contributed by atoms with Crippen LogP contribution in [0.3, 0.4) is 0 Å². The number of benzene rings is 1. The van der Waals surface area contributed by atoms with Crippen LogP contribution in [0.25, 0.3) is 0 Å². The summed E-state index contributed by atoms with van der Waals surface area (Å²) in [5.41, 5.74) is -0.335. The van der Waals surface area contributed by atoms with E-state index in [1.165, 1.54) is 6.33 Å². The zero-order chi connectivity index (χ0) is 15.9. The van der Waals surface area contributed by atoms with Gasteiger partial charge in [-0.25, -0.2) is 4.98 Å². The van der Waals surface area contributed by atoms with E-state index < -0.39 is 5.60 Å². The molecule has 2 atom stereocenters. The molecule has 3 rings (SSSR count). The molecule has 0 radical (unpaired) electrons. The van der Waals surface area contributed by atoms with Gasteiger partial charge in [0, 0.05) is 0 Å². The molecular weight excluding hydrogens is 341 g/mol. The molecule has 1 heterocycles. The molecule has 0 spiro atoms. The Hall–Kier alpha value is -0.880. The van der Waals surface area contributed by atoms with E-state index in [9.17, 15) is 5.11 Å². The Labute approximate surface area is 144 Å². The van der Waals surface area contributed by atoms with Gasteiger partial charge < -0.3 is 5.11 Å². The smallest absolute Gasteiger partial charge is 0.215 e. The number of hydrogen-bond acceptors (Lipinski definition) is 3. The zero-order valence-corrected chi connectivity index (χ0v) is 14.4. The maximum atomic E-state index is 11.5. The normalized spacial score (nSPS) is 18.9. The molecule has 0 aliphatic heterocycles. The van der Waals surface area contributed by atoms with Crippen molar-refractivity contribution in [3.05, 3.63) is 44.9 Å². The first-order chi connectivity index (χ1) is 10.4. The van der Waals surface area contributed by atoms with Gasteiger partial charge in [0.2, 0.25) is 4.77 Å². The molecule has 1 saturated carbocycles. The minimum Gasteiger partial charge on any atom is -0.383 e. The maximum Gasteiger partial charge on any atom is 0.215 e. The Morgan fingerprint density at radius 3 is 2.73 bits per heavy atom. The summed E-state index contributed by atoms with van der Waals surface area (Å²) in [5, 5.41) is 15.3. The highest BCUT2D eigenvalue weighted by Crippen LogP contribution is 2.47. The first-order valence-electron chi connectivity index (χ1n) is 7.20. The van der Waals surface area contributed by atoms with E-state index in [0.29, 0.717) is 27.3 Å². The SMILES string of the molecule is CC(C1CC1)C(O)(Cn1[nH]cnc1=S)c1ccc(Cl)c(Cl)c1. The van der Waals surface area contributed by atoms with Crippen LogP contribution in [0.2, 0.25) is 10.0 Å². The summed E-state index contributed by atoms with van der Waals surface area (Å²) in [5.74, 6) is 0.589. The molecule has 1 fully saturated rings. The molecule has 2 aromatic rings. The summed E-state index contributed by atoms with van der Waals surface area (Å²) in [6, 6.07) is 5.28. The topological polar surface area (TPSA) is 53.8 Å². The van der Waals surface area contributed by atoms with Crippen LogP contribution in [0.15, 0.2) is 24.5 Å². The molecule has 2 N–H and O–H groups in total. The molecule has 22 heavy (non-hydrogen) atoms. The highest BCUT2D eigenvalue weighted by molar-refractivity contribution is 7.71. The van der Waals surface area contributed by atoms with Crippen LogP contribution < -0.4 is 0 Å². The van der Waals surface area contributed by atoms with Crippen molar-refractivity contribution in [1.29, 1.82) is 0 Å². The fourth-order valence-electron chi connectivity index (χ4n) is 2.88. The van der Waals surface area contributed by atoms with E-state index in [-0.39, 0.29) is 5.92 Å². The third-order valence-electron chi connectivity index (χ3n) is 4.52. The van der Waals surface area contributed by atoms with Gasteiger partial charge in [0.15, 0.2) is 0 Å². The standard InChI is InChI=1S/C15H17Cl2N3OS/c1-9(10-2-3-10)15(21,7-20-14(22)18-8-19-20)11-4-5-12(16)13(17)6-11/h4-6,8-10,21H,2-3,7H2,1H3,(H,18,19,22). The predicted molar refractivity (Wildman–Crippen MR) is 89.7 cm³/mol. The van der Waals surface area contributed by atoms with Gasteiger partial charge >= 0.3 is 0 Å². The summed E-state index contributed by atoms with van der Waals surface area (Å²) in [4.78, 5) is 4.01. The summed E-state index contributed by atoms with van der Waals surface area (Å²) in [6.45, 7) is 2.38. The lowest BCUT2D eigenvalue weighted by Gasteiger charge is -2.35. The molecule has 118 valence electrons. The summed E-state index contributed by atoms with van der Waals surface area (Å²) >= 11 is 17.3. The molecule has 4 nitrogen and oxygen atoms in total. The van der Waals surface area contributed by atoms with Crippen LogP contribution in [0, 0.1) is 16.6 Å². The van der Waals surface area contributed by atoms with Gasteiger partial charge in [-0.1, -0.05) is 36.2 Å². The van der Waals surface area contributed by atoms with Crippen molar-refractivity contribution >= 4 is 35.4 Å². The number of aromatic amines is 1. The predicted octanol–water partition coefficient (Wildman–Crippen LogP) is 4.18. The van der Waals surface area contributed by atoms with Crippen LogP contribution in [-0.4, -0.2) is 19.9 Å². The molecule has 7 heteroatoms. The number of nitrogens with one attached hydrogen (secondary N) is 1. The van der Waals surface area contributed by atoms with Gasteiger partial charge in [-0.2, -0.15) is 0 Å². The van der Waals surface area contributed by atoms with Gasteiger partial charge in [-0.3, -0.25) is 9.78 Å². The number of aliphatic hydroxyl groups is 1. The van der Waals surface area contributed by atoms with Gasteiger partial charge in [0.1, 0.15) is 11.9 Å². The molecule has 1 aromatic heterocycles. The Balaban J connectivity index is 2.03. The summed E-state index contributed by atoms with van der Waals surface area (Å²) in [7, 11) is 0. The summed E-state index contributed by atoms with van der Waals surface area (Å²) < 4.78 is 2.10. The van der Waals surface area contributed by atoms with Gasteiger partial charge in [-0.05, 0) is 54.6 Å². The van der Waals surface area contributed by atoms with Crippen molar-refractivity contribution in [2.24, 2.45) is 11.8 Å². The quantitative estimate of drug-likeness (QED) is 0.789. The Bertz CT molecular complexity index is 740. The van der Waals surface area contributed by atoms with Crippen LogP contribution in [0.4, 0.5) is 0 Å². The van der Waals surface area contributed by atoms with E-state index in [1.54, 1.807) is 16.8 Å². The number of H-pyrrole nitrogens is 1. The fraction of sp³-hybridized carbons (Fsp3) is 0.467. The minimum absolute atomic E-state index is 0.0787. The first kappa shape index (κ1) is 16.0. The van der Waals surface area contributed by atoms with Crippen LogP contribution in [0.5, 0.6) is 0 Å². The van der Waals surface area contributed by atoms with Crippen LogP contribution in [0.1, 0.15) is 25.3 Å². The van der Waals surface area contributed by atoms with E-state index in [0.717, 1.165) is 18.4 Å². The third-order valence-corrected chi connectivity index (χ3v) is 5.59. The lowest BCUT2D eigenvalue weighted by molar-refractivity contribution is -0.0445. The lowest BCUT2D eigenvalue weighted by Crippen LogP contribution is -2.39. The Morgan fingerprint density at radius 2 is 2.18 bits per heavy atom. The third kappa shape index (κ3) is 2.95. The first-order valence-corrected chi connectivity index (χ1v) is 8.36. The van der Waals surface area contributed by atoms with Crippen molar-refractivity contribution in [2.45, 2.75) is 31.9 Å². The molecular formula is C15H17Cl2N3OS. The molecule has 0 bridgehead atoms. The number of hydrogen-bond donors (Lipinski definition) is 2. The summed E-state index contributed by atoms with van der Waals surface area (Å²) in [6.07, 6.45) is 3.80. The largest absolute Gasteiger partial charge is 0.383 e. The number of aromatic nitrogens is 3. The average Bonchev–Trinajstić information content (AvgIpc) is 3.26. The van der Waals surface area contributed by atoms with Crippen molar-refractivity contribution in [3.63, 3.8) is 0 Å². The van der Waals surface area contributed by atoms with Crippen molar-refractivity contribution in [3.8, 4) is 0 Å². The molecule has 0 amide bonds. The van der Waals surface area contributed by atoms with E-state index in [1.807, 2.05) is 6.07 Å². The lowest BCUT2D eigenvalue weighted by atomic mass is 9.79. The molecule has 1 aliphatic carbocycles. The van der Waals surface area contributed by atoms with Crippen LogP contribution in [-0.2, 0) is 12.1 Å². The fourth-order valence-corrected chi connectivity index (χ4v) is 3.35. The second kappa shape index (κ2) is 5.96. The Morgan fingerprint density at radius 1 is 1.45 bits per heavy atom. The minimum atomic E-state index is -1.08. The highest BCUT2D eigenvalue weighted by atomic mass is 35.5. The maximum absolute atomic E-state index is 11.5. The van der Waals surface area contributed by atoms with Crippen molar-refractivity contribution < 1.29 is 5.11 Å². The Kier molecular flexibility index (Phi) is 4.34. The molecule has 1 aliphatic rings. The molecule has 0 saturated heterocycles. The van der Waals surface area contributed by atoms with Crippen molar-refractivity contribution in [1.82, 2.24) is 14.8 Å². The number of nitrogens with zero attached hydrogens (tertiary/aromatic N) is 2. The van der Waals surface area contributed by atoms with Crippen LogP contribution >= 0.6 is 35.4 Å². The molecule has 1 aromatic carbocycles. The number of rotatable bonds is 5. The molecule has 2 unspecified atom stereocenters. The number of halogens is 2. The second-order valence-corrected chi connectivity index (χ2v) is 7.11. The van der Waals surface area contributed by atoms with Gasteiger partial charge in [-0.15, -0.1) is 0 Å². The highest BCUT2D eigenvalue weighted by Gasteiger charge is 2.44. The average molecular weight is 358 g/mol. The van der Waals surface area contributed by atoms with E-state index in [2.05, 4.69) is 17.0 Å².